The van der Waals surface area contributed by atoms with E-state index >= 15 is 0 Å². The fourth-order valence-electron chi connectivity index (χ4n) is 3.01. The number of carbonyl (C=O) groups excluding carboxylic acids is 3. The van der Waals surface area contributed by atoms with Crippen LogP contribution in [-0.4, -0.2) is 58.2 Å². The predicted octanol–water partition coefficient (Wildman–Crippen LogP) is 3.48. The first-order valence-corrected chi connectivity index (χ1v) is 9.12. The van der Waals surface area contributed by atoms with Gasteiger partial charge in [0.1, 0.15) is 11.2 Å². The molecule has 0 aromatic heterocycles. The van der Waals surface area contributed by atoms with Crippen LogP contribution in [-0.2, 0) is 14.3 Å². The molecule has 2 heterocycles. The van der Waals surface area contributed by atoms with Gasteiger partial charge in [-0.15, -0.1) is 0 Å². The molecule has 7 heteroatoms. The first kappa shape index (κ1) is 20.3. The minimum Gasteiger partial charge on any atom is -0.444 e. The van der Waals surface area contributed by atoms with Crippen LogP contribution in [0.1, 0.15) is 60.8 Å². The van der Waals surface area contributed by atoms with Gasteiger partial charge in [-0.25, -0.2) is 14.5 Å². The summed E-state index contributed by atoms with van der Waals surface area (Å²) < 4.78 is 10.7. The van der Waals surface area contributed by atoms with Crippen molar-refractivity contribution in [2.24, 2.45) is 0 Å². The molecule has 0 aromatic carbocycles. The van der Waals surface area contributed by atoms with Crippen molar-refractivity contribution in [3.63, 3.8) is 0 Å². The Balaban J connectivity index is 2.06. The zero-order chi connectivity index (χ0) is 19.7. The Morgan fingerprint density at radius 3 is 2.15 bits per heavy atom. The van der Waals surface area contributed by atoms with Gasteiger partial charge in [0.25, 0.3) is 5.91 Å². The maximum Gasteiger partial charge on any atom is 0.417 e. The Morgan fingerprint density at radius 2 is 1.58 bits per heavy atom. The molecule has 2 saturated heterocycles. The molecule has 0 spiro atoms. The molecule has 2 fully saturated rings. The molecule has 2 rings (SSSR count). The van der Waals surface area contributed by atoms with Crippen molar-refractivity contribution >= 4 is 18.1 Å². The van der Waals surface area contributed by atoms with Gasteiger partial charge in [-0.2, -0.15) is 0 Å². The number of hydrogen-bond donors (Lipinski definition) is 0. The molecule has 7 nitrogen and oxygen atoms in total. The third kappa shape index (κ3) is 5.22. The number of amides is 3. The van der Waals surface area contributed by atoms with Crippen LogP contribution in [0.3, 0.4) is 0 Å². The van der Waals surface area contributed by atoms with Crippen molar-refractivity contribution in [2.45, 2.75) is 78.0 Å². The fourth-order valence-corrected chi connectivity index (χ4v) is 3.01. The summed E-state index contributed by atoms with van der Waals surface area (Å²) in [6, 6.07) is -0.178. The Bertz CT molecular complexity index is 612. The summed E-state index contributed by atoms with van der Waals surface area (Å²) >= 11 is 0. The molecule has 0 aliphatic carbocycles. The number of imide groups is 1. The lowest BCUT2D eigenvalue weighted by atomic mass is 10.1. The van der Waals surface area contributed by atoms with Crippen molar-refractivity contribution in [1.82, 2.24) is 9.80 Å². The van der Waals surface area contributed by atoms with E-state index in [9.17, 15) is 14.4 Å². The van der Waals surface area contributed by atoms with Gasteiger partial charge in [0.05, 0.1) is 6.04 Å². The quantitative estimate of drug-likeness (QED) is 0.664. The second kappa shape index (κ2) is 7.29. The summed E-state index contributed by atoms with van der Waals surface area (Å²) in [6.45, 7) is 11.7. The summed E-state index contributed by atoms with van der Waals surface area (Å²) in [5.41, 5.74) is -0.659. The zero-order valence-electron chi connectivity index (χ0n) is 16.6. The van der Waals surface area contributed by atoms with Crippen LogP contribution in [0.5, 0.6) is 0 Å². The van der Waals surface area contributed by atoms with Crippen LogP contribution in [0.2, 0.25) is 0 Å². The van der Waals surface area contributed by atoms with Gasteiger partial charge in [-0.3, -0.25) is 4.79 Å². The van der Waals surface area contributed by atoms with E-state index in [-0.39, 0.29) is 18.0 Å². The highest BCUT2D eigenvalue weighted by Crippen LogP contribution is 2.26. The monoisotopic (exact) mass is 366 g/mol. The number of likely N-dealkylation sites (tertiary alicyclic amines) is 2. The highest BCUT2D eigenvalue weighted by molar-refractivity contribution is 6.04. The second-order valence-electron chi connectivity index (χ2n) is 8.76. The molecule has 3 amide bonds. The smallest absolute Gasteiger partial charge is 0.417 e. The van der Waals surface area contributed by atoms with Crippen molar-refractivity contribution in [3.8, 4) is 0 Å². The average molecular weight is 366 g/mol. The van der Waals surface area contributed by atoms with Gasteiger partial charge < -0.3 is 14.4 Å². The molecule has 0 aromatic rings. The lowest BCUT2D eigenvalue weighted by Crippen LogP contribution is -2.39. The normalized spacial score (nSPS) is 22.9. The number of ether oxygens (including phenoxy) is 2. The van der Waals surface area contributed by atoms with E-state index in [2.05, 4.69) is 0 Å². The second-order valence-corrected chi connectivity index (χ2v) is 8.76. The summed E-state index contributed by atoms with van der Waals surface area (Å²) in [6.07, 6.45) is 2.92. The van der Waals surface area contributed by atoms with Crippen molar-refractivity contribution in [2.75, 3.05) is 13.1 Å². The van der Waals surface area contributed by atoms with Gasteiger partial charge in [-0.05, 0) is 60.8 Å². The highest BCUT2D eigenvalue weighted by Gasteiger charge is 2.37. The van der Waals surface area contributed by atoms with Crippen LogP contribution < -0.4 is 0 Å². The highest BCUT2D eigenvalue weighted by atomic mass is 16.6. The number of nitrogens with zero attached hydrogens (tertiary/aromatic N) is 2. The molecule has 26 heavy (non-hydrogen) atoms. The predicted molar refractivity (Wildman–Crippen MR) is 96.6 cm³/mol. The Kier molecular flexibility index (Phi) is 5.68. The summed E-state index contributed by atoms with van der Waals surface area (Å²) in [7, 11) is 0. The number of rotatable bonds is 1. The van der Waals surface area contributed by atoms with E-state index in [1.165, 1.54) is 0 Å². The maximum atomic E-state index is 12.5. The topological polar surface area (TPSA) is 76.2 Å². The van der Waals surface area contributed by atoms with Gasteiger partial charge in [0, 0.05) is 18.7 Å². The number of carbonyl (C=O) groups is 3. The summed E-state index contributed by atoms with van der Waals surface area (Å²) in [5, 5.41) is 0. The summed E-state index contributed by atoms with van der Waals surface area (Å²) in [4.78, 5) is 39.8. The van der Waals surface area contributed by atoms with Gasteiger partial charge in [0.15, 0.2) is 0 Å². The molecule has 1 atom stereocenters. The third-order valence-corrected chi connectivity index (χ3v) is 4.06. The van der Waals surface area contributed by atoms with E-state index in [0.29, 0.717) is 25.1 Å². The Hall–Kier alpha value is -2.05. The fraction of sp³-hybridized carbons (Fsp3) is 0.737. The SMILES string of the molecule is CC(C)(C)OC(=O)N1CC/C(=C\[C@@H]2CCCN2C(=O)OC(C)(C)C)C1=O. The molecule has 0 radical (unpaired) electrons. The third-order valence-electron chi connectivity index (χ3n) is 4.06. The van der Waals surface area contributed by atoms with Crippen LogP contribution in [0.4, 0.5) is 9.59 Å². The van der Waals surface area contributed by atoms with Crippen LogP contribution in [0.25, 0.3) is 0 Å². The minimum atomic E-state index is -0.650. The molecule has 2 aliphatic rings. The van der Waals surface area contributed by atoms with Crippen molar-refractivity contribution in [3.05, 3.63) is 11.6 Å². The van der Waals surface area contributed by atoms with E-state index in [1.807, 2.05) is 26.8 Å². The lowest BCUT2D eigenvalue weighted by Gasteiger charge is -2.27. The van der Waals surface area contributed by atoms with Crippen molar-refractivity contribution < 1.29 is 23.9 Å². The van der Waals surface area contributed by atoms with E-state index < -0.39 is 17.3 Å². The molecule has 0 saturated carbocycles. The molecule has 0 bridgehead atoms. The molecule has 0 unspecified atom stereocenters. The summed E-state index contributed by atoms with van der Waals surface area (Å²) in [5.74, 6) is -0.338. The van der Waals surface area contributed by atoms with Gasteiger partial charge in [0.2, 0.25) is 0 Å². The van der Waals surface area contributed by atoms with E-state index in [4.69, 9.17) is 9.47 Å². The van der Waals surface area contributed by atoms with Crippen molar-refractivity contribution in [1.29, 1.82) is 0 Å². The molecule has 146 valence electrons. The van der Waals surface area contributed by atoms with E-state index in [1.54, 1.807) is 25.7 Å². The average Bonchev–Trinajstić information content (AvgIpc) is 3.03. The van der Waals surface area contributed by atoms with Gasteiger partial charge in [-0.1, -0.05) is 6.08 Å². The van der Waals surface area contributed by atoms with Crippen LogP contribution in [0, 0.1) is 0 Å². The molecule has 2 aliphatic heterocycles. The Labute approximate surface area is 155 Å². The first-order valence-electron chi connectivity index (χ1n) is 9.12. The van der Waals surface area contributed by atoms with Gasteiger partial charge >= 0.3 is 12.2 Å². The lowest BCUT2D eigenvalue weighted by molar-refractivity contribution is -0.124. The minimum absolute atomic E-state index is 0.178. The molecular weight excluding hydrogens is 336 g/mol. The Morgan fingerprint density at radius 1 is 1.00 bits per heavy atom. The first-order chi connectivity index (χ1) is 11.9. The number of hydrogen-bond acceptors (Lipinski definition) is 5. The molecular formula is C19H30N2O5. The standard InChI is InChI=1S/C19H30N2O5/c1-18(2,3)25-16(23)20-10-7-8-14(20)12-13-9-11-21(15(13)22)17(24)26-19(4,5)6/h12,14H,7-11H2,1-6H3/b13-12+/t14-/m0/s1. The maximum absolute atomic E-state index is 12.5. The largest absolute Gasteiger partial charge is 0.444 e. The zero-order valence-corrected chi connectivity index (χ0v) is 16.6. The van der Waals surface area contributed by atoms with E-state index in [0.717, 1.165) is 17.7 Å². The van der Waals surface area contributed by atoms with Crippen LogP contribution >= 0.6 is 0 Å². The molecule has 0 N–H and O–H groups in total. The van der Waals surface area contributed by atoms with Crippen LogP contribution in [0.15, 0.2) is 11.6 Å².